The number of carbonyl (C=O) groups excluding carboxylic acids is 1. The van der Waals surface area contributed by atoms with Crippen molar-refractivity contribution < 1.29 is 9.53 Å². The first kappa shape index (κ1) is 14.1. The molecular weight excluding hydrogens is 236 g/mol. The first-order valence-corrected chi connectivity index (χ1v) is 7.52. The van der Waals surface area contributed by atoms with Gasteiger partial charge in [0.1, 0.15) is 5.75 Å². The normalized spacial score (nSPS) is 23.1. The molecule has 1 saturated carbocycles. The van der Waals surface area contributed by atoms with E-state index in [1.54, 1.807) is 0 Å². The van der Waals surface area contributed by atoms with Crippen molar-refractivity contribution in [2.45, 2.75) is 58.5 Å². The number of hydrogen-bond acceptors (Lipinski definition) is 2. The van der Waals surface area contributed by atoms with Crippen LogP contribution in [0.1, 0.15) is 62.7 Å². The van der Waals surface area contributed by atoms with E-state index in [9.17, 15) is 4.79 Å². The first-order valence-electron chi connectivity index (χ1n) is 7.52. The highest BCUT2D eigenvalue weighted by Crippen LogP contribution is 2.29. The summed E-state index contributed by atoms with van der Waals surface area (Å²) in [6.07, 6.45) is 7.01. The predicted octanol–water partition coefficient (Wildman–Crippen LogP) is 4.63. The van der Waals surface area contributed by atoms with E-state index < -0.39 is 0 Å². The standard InChI is InChI=1S/C17H24O2/c1-3-13-7-5-9-15(11-13)19-16-10-6-8-14(12-16)17(18)4-2/h6,8,10,12-13,15H,3-5,7,9,11H2,1-2H3. The van der Waals surface area contributed by atoms with Crippen molar-refractivity contribution in [3.63, 3.8) is 0 Å². The van der Waals surface area contributed by atoms with E-state index in [0.29, 0.717) is 12.5 Å². The molecule has 0 aliphatic heterocycles. The van der Waals surface area contributed by atoms with Crippen LogP contribution in [0.2, 0.25) is 0 Å². The average Bonchev–Trinajstić information content (AvgIpc) is 2.47. The molecule has 2 unspecified atom stereocenters. The van der Waals surface area contributed by atoms with Gasteiger partial charge in [-0.25, -0.2) is 0 Å². The Labute approximate surface area is 116 Å². The smallest absolute Gasteiger partial charge is 0.162 e. The molecule has 0 radical (unpaired) electrons. The van der Waals surface area contributed by atoms with Gasteiger partial charge in [0, 0.05) is 12.0 Å². The molecule has 19 heavy (non-hydrogen) atoms. The molecule has 2 heteroatoms. The molecule has 0 amide bonds. The summed E-state index contributed by atoms with van der Waals surface area (Å²) in [5.74, 6) is 1.83. The Bertz CT molecular complexity index is 425. The third kappa shape index (κ3) is 3.82. The van der Waals surface area contributed by atoms with E-state index in [1.165, 1.54) is 19.3 Å². The Morgan fingerprint density at radius 1 is 1.32 bits per heavy atom. The van der Waals surface area contributed by atoms with Crippen LogP contribution in [0, 0.1) is 5.92 Å². The van der Waals surface area contributed by atoms with E-state index in [1.807, 2.05) is 31.2 Å². The summed E-state index contributed by atoms with van der Waals surface area (Å²) in [5, 5.41) is 0. The molecule has 1 aromatic carbocycles. The van der Waals surface area contributed by atoms with Crippen LogP contribution in [0.4, 0.5) is 0 Å². The molecular formula is C17H24O2. The van der Waals surface area contributed by atoms with E-state index >= 15 is 0 Å². The molecule has 1 aromatic rings. The van der Waals surface area contributed by atoms with Gasteiger partial charge in [-0.05, 0) is 37.3 Å². The van der Waals surface area contributed by atoms with Crippen LogP contribution in [0.3, 0.4) is 0 Å². The molecule has 104 valence electrons. The molecule has 0 aromatic heterocycles. The van der Waals surface area contributed by atoms with Gasteiger partial charge in [-0.15, -0.1) is 0 Å². The van der Waals surface area contributed by atoms with Crippen LogP contribution < -0.4 is 4.74 Å². The van der Waals surface area contributed by atoms with E-state index in [0.717, 1.165) is 30.1 Å². The maximum Gasteiger partial charge on any atom is 0.162 e. The lowest BCUT2D eigenvalue weighted by atomic mass is 9.85. The minimum absolute atomic E-state index is 0.181. The number of benzene rings is 1. The van der Waals surface area contributed by atoms with Crippen molar-refractivity contribution in [3.8, 4) is 5.75 Å². The highest BCUT2D eigenvalue weighted by atomic mass is 16.5. The molecule has 0 saturated heterocycles. The Morgan fingerprint density at radius 2 is 2.16 bits per heavy atom. The van der Waals surface area contributed by atoms with Gasteiger partial charge in [0.2, 0.25) is 0 Å². The Balaban J connectivity index is 2.00. The van der Waals surface area contributed by atoms with Gasteiger partial charge in [-0.2, -0.15) is 0 Å². The van der Waals surface area contributed by atoms with Crippen LogP contribution in [0.15, 0.2) is 24.3 Å². The number of rotatable bonds is 5. The molecule has 1 aliphatic rings. The zero-order valence-electron chi connectivity index (χ0n) is 12.0. The zero-order chi connectivity index (χ0) is 13.7. The predicted molar refractivity (Wildman–Crippen MR) is 77.7 cm³/mol. The minimum Gasteiger partial charge on any atom is -0.490 e. The number of Topliss-reactive ketones (excluding diaryl/α,β-unsaturated/α-hetero) is 1. The topological polar surface area (TPSA) is 26.3 Å². The summed E-state index contributed by atoms with van der Waals surface area (Å²) in [6.45, 7) is 4.15. The second kappa shape index (κ2) is 6.74. The number of ketones is 1. The molecule has 1 aliphatic carbocycles. The monoisotopic (exact) mass is 260 g/mol. The van der Waals surface area contributed by atoms with Gasteiger partial charge >= 0.3 is 0 Å². The van der Waals surface area contributed by atoms with E-state index in [4.69, 9.17) is 4.74 Å². The maximum absolute atomic E-state index is 11.7. The second-order valence-corrected chi connectivity index (χ2v) is 5.49. The molecule has 2 atom stereocenters. The summed E-state index contributed by atoms with van der Waals surface area (Å²) in [5.41, 5.74) is 0.767. The lowest BCUT2D eigenvalue weighted by Crippen LogP contribution is -2.25. The quantitative estimate of drug-likeness (QED) is 0.722. The van der Waals surface area contributed by atoms with Crippen LogP contribution in [-0.2, 0) is 0 Å². The maximum atomic E-state index is 11.7. The van der Waals surface area contributed by atoms with Gasteiger partial charge in [-0.3, -0.25) is 4.79 Å². The molecule has 0 bridgehead atoms. The van der Waals surface area contributed by atoms with E-state index in [2.05, 4.69) is 6.92 Å². The fraction of sp³-hybridized carbons (Fsp3) is 0.588. The van der Waals surface area contributed by atoms with Gasteiger partial charge in [0.25, 0.3) is 0 Å². The van der Waals surface area contributed by atoms with Crippen molar-refractivity contribution in [1.82, 2.24) is 0 Å². The van der Waals surface area contributed by atoms with Crippen LogP contribution >= 0.6 is 0 Å². The van der Waals surface area contributed by atoms with Gasteiger partial charge in [0.15, 0.2) is 5.78 Å². The van der Waals surface area contributed by atoms with Crippen LogP contribution in [0.5, 0.6) is 5.75 Å². The minimum atomic E-state index is 0.181. The van der Waals surface area contributed by atoms with Gasteiger partial charge in [-0.1, -0.05) is 38.8 Å². The van der Waals surface area contributed by atoms with Gasteiger partial charge in [0.05, 0.1) is 6.10 Å². The van der Waals surface area contributed by atoms with E-state index in [-0.39, 0.29) is 5.78 Å². The molecule has 0 N–H and O–H groups in total. The zero-order valence-corrected chi connectivity index (χ0v) is 12.0. The highest BCUT2D eigenvalue weighted by Gasteiger charge is 2.22. The third-order valence-electron chi connectivity index (χ3n) is 4.09. The summed E-state index contributed by atoms with van der Waals surface area (Å²) in [4.78, 5) is 11.7. The molecule has 0 heterocycles. The largest absolute Gasteiger partial charge is 0.490 e. The molecule has 2 rings (SSSR count). The van der Waals surface area contributed by atoms with Crippen molar-refractivity contribution >= 4 is 5.78 Å². The van der Waals surface area contributed by atoms with Crippen LogP contribution in [0.25, 0.3) is 0 Å². The third-order valence-corrected chi connectivity index (χ3v) is 4.09. The summed E-state index contributed by atoms with van der Waals surface area (Å²) in [7, 11) is 0. The lowest BCUT2D eigenvalue weighted by molar-refractivity contribution is 0.0985. The van der Waals surface area contributed by atoms with Crippen molar-refractivity contribution in [3.05, 3.63) is 29.8 Å². The van der Waals surface area contributed by atoms with Crippen molar-refractivity contribution in [2.75, 3.05) is 0 Å². The fourth-order valence-corrected chi connectivity index (χ4v) is 2.86. The summed E-state index contributed by atoms with van der Waals surface area (Å²) < 4.78 is 6.07. The Morgan fingerprint density at radius 3 is 2.89 bits per heavy atom. The van der Waals surface area contributed by atoms with Crippen molar-refractivity contribution in [1.29, 1.82) is 0 Å². The molecule has 0 spiro atoms. The molecule has 2 nitrogen and oxygen atoms in total. The summed E-state index contributed by atoms with van der Waals surface area (Å²) >= 11 is 0. The van der Waals surface area contributed by atoms with Crippen molar-refractivity contribution in [2.24, 2.45) is 5.92 Å². The first-order chi connectivity index (χ1) is 9.22. The summed E-state index contributed by atoms with van der Waals surface area (Å²) in [6, 6.07) is 7.64. The SMILES string of the molecule is CCC(=O)c1cccc(OC2CCCC(CC)C2)c1. The number of hydrogen-bond donors (Lipinski definition) is 0. The fourth-order valence-electron chi connectivity index (χ4n) is 2.86. The highest BCUT2D eigenvalue weighted by molar-refractivity contribution is 5.96. The Hall–Kier alpha value is -1.31. The number of ether oxygens (including phenoxy) is 1. The van der Waals surface area contributed by atoms with Crippen LogP contribution in [-0.4, -0.2) is 11.9 Å². The molecule has 1 fully saturated rings. The second-order valence-electron chi connectivity index (χ2n) is 5.49. The Kier molecular flexibility index (Phi) is 5.00. The van der Waals surface area contributed by atoms with Gasteiger partial charge < -0.3 is 4.74 Å². The lowest BCUT2D eigenvalue weighted by Gasteiger charge is -2.29. The number of carbonyl (C=O) groups is 1. The average molecular weight is 260 g/mol.